The number of carboxylic acids is 2. The third kappa shape index (κ3) is 3.27. The maximum atomic E-state index is 11.0. The molecule has 5 nitrogen and oxygen atoms in total. The van der Waals surface area contributed by atoms with Crippen LogP contribution >= 0.6 is 11.3 Å². The van der Waals surface area contributed by atoms with E-state index in [-0.39, 0.29) is 11.3 Å². The zero-order valence-corrected chi connectivity index (χ0v) is 11.7. The fourth-order valence-electron chi connectivity index (χ4n) is 2.02. The van der Waals surface area contributed by atoms with Crippen LogP contribution in [0.2, 0.25) is 0 Å². The summed E-state index contributed by atoms with van der Waals surface area (Å²) in [5.74, 6) is -1.98. The molecule has 2 N–H and O–H groups in total. The first-order valence-corrected chi connectivity index (χ1v) is 6.92. The number of aliphatic carboxylic acids is 1. The Bertz CT molecular complexity index is 742. The van der Waals surface area contributed by atoms with Gasteiger partial charge in [-0.15, -0.1) is 11.3 Å². The predicted octanol–water partition coefficient (Wildman–Crippen LogP) is 3.00. The summed E-state index contributed by atoms with van der Waals surface area (Å²) in [5, 5.41) is 27.0. The van der Waals surface area contributed by atoms with Crippen LogP contribution in [0.3, 0.4) is 0 Å². The molecule has 0 aliphatic heterocycles. The van der Waals surface area contributed by atoms with Crippen LogP contribution < -0.4 is 0 Å². The summed E-state index contributed by atoms with van der Waals surface area (Å²) >= 11 is 0.919. The van der Waals surface area contributed by atoms with Gasteiger partial charge < -0.3 is 10.2 Å². The molecular formula is C15H11NO4S. The second kappa shape index (κ2) is 6.20. The Hall–Kier alpha value is -2.65. The Labute approximate surface area is 124 Å². The highest BCUT2D eigenvalue weighted by Crippen LogP contribution is 2.33. The number of carbonyl (C=O) groups is 2. The van der Waals surface area contributed by atoms with E-state index in [1.807, 2.05) is 6.07 Å². The maximum absolute atomic E-state index is 11.0. The molecule has 0 radical (unpaired) electrons. The largest absolute Gasteiger partial charge is 0.481 e. The Kier molecular flexibility index (Phi) is 4.36. The fraction of sp³-hybridized carbons (Fsp3) is 0.133. The van der Waals surface area contributed by atoms with E-state index in [0.29, 0.717) is 22.4 Å². The lowest BCUT2D eigenvalue weighted by atomic mass is 9.97. The summed E-state index contributed by atoms with van der Waals surface area (Å²) in [7, 11) is 0. The molecule has 1 aromatic heterocycles. The van der Waals surface area contributed by atoms with Crippen molar-refractivity contribution in [1.82, 2.24) is 0 Å². The van der Waals surface area contributed by atoms with Crippen LogP contribution in [0.15, 0.2) is 30.3 Å². The van der Waals surface area contributed by atoms with E-state index in [0.717, 1.165) is 16.9 Å². The predicted molar refractivity (Wildman–Crippen MR) is 77.4 cm³/mol. The Morgan fingerprint density at radius 2 is 1.90 bits per heavy atom. The van der Waals surface area contributed by atoms with Crippen LogP contribution in [0.5, 0.6) is 0 Å². The highest BCUT2D eigenvalue weighted by molar-refractivity contribution is 7.15. The normalized spacial score (nSPS) is 10.0. The third-order valence-electron chi connectivity index (χ3n) is 2.96. The zero-order valence-electron chi connectivity index (χ0n) is 10.9. The molecule has 0 unspecified atom stereocenters. The molecule has 0 saturated heterocycles. The maximum Gasteiger partial charge on any atom is 0.345 e. The van der Waals surface area contributed by atoms with Crippen molar-refractivity contribution in [2.45, 2.75) is 12.8 Å². The Balaban J connectivity index is 2.49. The number of hydrogen-bond acceptors (Lipinski definition) is 4. The molecule has 0 spiro atoms. The minimum Gasteiger partial charge on any atom is -0.481 e. The van der Waals surface area contributed by atoms with Crippen LogP contribution in [-0.4, -0.2) is 22.2 Å². The van der Waals surface area contributed by atoms with E-state index in [9.17, 15) is 9.59 Å². The van der Waals surface area contributed by atoms with Gasteiger partial charge in [-0.1, -0.05) is 24.3 Å². The van der Waals surface area contributed by atoms with Gasteiger partial charge in [-0.2, -0.15) is 5.26 Å². The minimum atomic E-state index is -1.08. The van der Waals surface area contributed by atoms with Crippen LogP contribution in [0, 0.1) is 11.3 Å². The molecule has 0 fully saturated rings. The summed E-state index contributed by atoms with van der Waals surface area (Å²) < 4.78 is 0. The van der Waals surface area contributed by atoms with Gasteiger partial charge in [0.1, 0.15) is 15.8 Å². The van der Waals surface area contributed by atoms with Crippen molar-refractivity contribution in [1.29, 1.82) is 5.26 Å². The molecule has 0 bridgehead atoms. The number of hydrogen-bond donors (Lipinski definition) is 2. The summed E-state index contributed by atoms with van der Waals surface area (Å²) in [6.07, 6.45) is 0.309. The molecule has 21 heavy (non-hydrogen) atoms. The van der Waals surface area contributed by atoms with Gasteiger partial charge in [0, 0.05) is 12.0 Å². The van der Waals surface area contributed by atoms with Crippen LogP contribution in [0.1, 0.15) is 26.5 Å². The lowest BCUT2D eigenvalue weighted by Gasteiger charge is -2.07. The van der Waals surface area contributed by atoms with Crippen molar-refractivity contribution >= 4 is 23.3 Å². The van der Waals surface area contributed by atoms with Gasteiger partial charge in [0.05, 0.1) is 0 Å². The standard InChI is InChI=1S/C15H11NO4S/c16-8-13-11(7-12(21-13)15(19)20)10-4-2-1-3-9(10)5-6-14(17)18/h1-4,7H,5-6H2,(H,17,18)(H,19,20). The summed E-state index contributed by atoms with van der Waals surface area (Å²) in [4.78, 5) is 22.2. The number of nitriles is 1. The number of rotatable bonds is 5. The first-order valence-electron chi connectivity index (χ1n) is 6.10. The second-order valence-corrected chi connectivity index (χ2v) is 5.37. The summed E-state index contributed by atoms with van der Waals surface area (Å²) in [5.41, 5.74) is 2.03. The first kappa shape index (κ1) is 14.8. The minimum absolute atomic E-state index is 0.0190. The molecule has 0 aliphatic carbocycles. The lowest BCUT2D eigenvalue weighted by Crippen LogP contribution is -1.99. The number of aromatic carboxylic acids is 1. The van der Waals surface area contributed by atoms with E-state index in [1.165, 1.54) is 6.07 Å². The fourth-order valence-corrected chi connectivity index (χ4v) is 2.83. The highest BCUT2D eigenvalue weighted by Gasteiger charge is 2.17. The van der Waals surface area contributed by atoms with Crippen molar-refractivity contribution < 1.29 is 19.8 Å². The molecular weight excluding hydrogens is 290 g/mol. The van der Waals surface area contributed by atoms with Gasteiger partial charge in [0.25, 0.3) is 0 Å². The van der Waals surface area contributed by atoms with Crippen molar-refractivity contribution in [2.75, 3.05) is 0 Å². The van der Waals surface area contributed by atoms with E-state index in [1.54, 1.807) is 24.3 Å². The topological polar surface area (TPSA) is 98.4 Å². The van der Waals surface area contributed by atoms with Crippen LogP contribution in [0.4, 0.5) is 0 Å². The Morgan fingerprint density at radius 1 is 1.19 bits per heavy atom. The van der Waals surface area contributed by atoms with Gasteiger partial charge in [0.15, 0.2) is 0 Å². The molecule has 0 atom stereocenters. The van der Waals surface area contributed by atoms with Crippen LogP contribution in [-0.2, 0) is 11.2 Å². The van der Waals surface area contributed by atoms with Gasteiger partial charge in [-0.05, 0) is 23.6 Å². The second-order valence-electron chi connectivity index (χ2n) is 4.32. The molecule has 2 aromatic rings. The van der Waals surface area contributed by atoms with Crippen molar-refractivity contribution in [2.24, 2.45) is 0 Å². The van der Waals surface area contributed by atoms with Crippen molar-refractivity contribution in [3.63, 3.8) is 0 Å². The molecule has 0 amide bonds. The first-order chi connectivity index (χ1) is 10.0. The summed E-state index contributed by atoms with van der Waals surface area (Å²) in [6, 6.07) is 10.6. The number of thiophene rings is 1. The van der Waals surface area contributed by atoms with E-state index >= 15 is 0 Å². The molecule has 2 rings (SSSR count). The molecule has 1 aromatic carbocycles. The molecule has 6 heteroatoms. The average molecular weight is 301 g/mol. The number of aryl methyl sites for hydroxylation is 1. The quantitative estimate of drug-likeness (QED) is 0.884. The third-order valence-corrected chi connectivity index (χ3v) is 3.99. The average Bonchev–Trinajstić information content (AvgIpc) is 2.89. The molecule has 0 saturated carbocycles. The van der Waals surface area contributed by atoms with Gasteiger partial charge in [0.2, 0.25) is 0 Å². The van der Waals surface area contributed by atoms with E-state index < -0.39 is 11.9 Å². The van der Waals surface area contributed by atoms with Crippen LogP contribution in [0.25, 0.3) is 11.1 Å². The van der Waals surface area contributed by atoms with Crippen molar-refractivity contribution in [3.05, 3.63) is 45.6 Å². The number of carboxylic acid groups (broad SMARTS) is 2. The summed E-state index contributed by atoms with van der Waals surface area (Å²) in [6.45, 7) is 0. The van der Waals surface area contributed by atoms with E-state index in [2.05, 4.69) is 0 Å². The van der Waals surface area contributed by atoms with Gasteiger partial charge >= 0.3 is 11.9 Å². The SMILES string of the molecule is N#Cc1sc(C(=O)O)cc1-c1ccccc1CCC(=O)O. The lowest BCUT2D eigenvalue weighted by molar-refractivity contribution is -0.136. The molecule has 1 heterocycles. The zero-order chi connectivity index (χ0) is 15.4. The monoisotopic (exact) mass is 301 g/mol. The number of benzene rings is 1. The highest BCUT2D eigenvalue weighted by atomic mass is 32.1. The molecule has 106 valence electrons. The smallest absolute Gasteiger partial charge is 0.345 e. The van der Waals surface area contributed by atoms with E-state index in [4.69, 9.17) is 15.5 Å². The number of nitrogens with zero attached hydrogens (tertiary/aromatic N) is 1. The molecule has 0 aliphatic rings. The van der Waals surface area contributed by atoms with Gasteiger partial charge in [-0.3, -0.25) is 4.79 Å². The Morgan fingerprint density at radius 3 is 2.52 bits per heavy atom. The van der Waals surface area contributed by atoms with Crippen molar-refractivity contribution in [3.8, 4) is 17.2 Å². The van der Waals surface area contributed by atoms with Gasteiger partial charge in [-0.25, -0.2) is 4.79 Å².